The number of fused-ring (bicyclic) bond motifs is 1. The molecule has 2 rings (SSSR count). The highest BCUT2D eigenvalue weighted by Crippen LogP contribution is 2.04. The minimum atomic E-state index is -0.832. The summed E-state index contributed by atoms with van der Waals surface area (Å²) in [6.45, 7) is -0.164. The van der Waals surface area contributed by atoms with E-state index in [9.17, 15) is 14.8 Å². The highest BCUT2D eigenvalue weighted by molar-refractivity contribution is 5.77. The highest BCUT2D eigenvalue weighted by atomic mass is 16.5. The standard InChI is InChI=1S/C11H8N2O3/c1-2-7-12-10(14)8-5-3-4-6-9(8)13(16)11(12)15/h1,3-6,16H,7H2. The molecule has 0 saturated carbocycles. The molecule has 0 amide bonds. The summed E-state index contributed by atoms with van der Waals surface area (Å²) in [7, 11) is 0. The van der Waals surface area contributed by atoms with Gasteiger partial charge in [0.05, 0.1) is 17.4 Å². The molecule has 16 heavy (non-hydrogen) atoms. The number of rotatable bonds is 1. The summed E-state index contributed by atoms with van der Waals surface area (Å²) >= 11 is 0. The van der Waals surface area contributed by atoms with E-state index in [1.165, 1.54) is 12.1 Å². The van der Waals surface area contributed by atoms with Crippen LogP contribution in [0.4, 0.5) is 0 Å². The Kier molecular flexibility index (Phi) is 2.25. The second-order valence-electron chi connectivity index (χ2n) is 3.21. The molecule has 0 saturated heterocycles. The Bertz CT molecular complexity index is 704. The van der Waals surface area contributed by atoms with Crippen molar-refractivity contribution < 1.29 is 5.21 Å². The molecule has 1 aromatic heterocycles. The summed E-state index contributed by atoms with van der Waals surface area (Å²) in [6, 6.07) is 6.28. The van der Waals surface area contributed by atoms with Gasteiger partial charge in [-0.3, -0.25) is 4.79 Å². The Hall–Kier alpha value is -2.48. The average molecular weight is 216 g/mol. The Morgan fingerprint density at radius 3 is 2.69 bits per heavy atom. The van der Waals surface area contributed by atoms with Crippen LogP contribution in [0.1, 0.15) is 0 Å². The SMILES string of the molecule is C#CCn1c(=O)c2ccccc2n(O)c1=O. The number of benzene rings is 1. The van der Waals surface area contributed by atoms with E-state index in [1.807, 2.05) is 0 Å². The molecule has 2 aromatic rings. The Labute approximate surface area is 90.1 Å². The third-order valence-corrected chi connectivity index (χ3v) is 2.27. The summed E-state index contributed by atoms with van der Waals surface area (Å²) in [6.07, 6.45) is 5.05. The van der Waals surface area contributed by atoms with E-state index < -0.39 is 11.2 Å². The molecule has 1 N–H and O–H groups in total. The fraction of sp³-hybridized carbons (Fsp3) is 0.0909. The van der Waals surface area contributed by atoms with Crippen LogP contribution in [0.5, 0.6) is 0 Å². The molecular weight excluding hydrogens is 208 g/mol. The first-order valence-corrected chi connectivity index (χ1v) is 4.54. The van der Waals surface area contributed by atoms with Gasteiger partial charge in [0.25, 0.3) is 5.56 Å². The molecule has 1 aromatic carbocycles. The second kappa shape index (κ2) is 3.59. The van der Waals surface area contributed by atoms with Crippen LogP contribution >= 0.6 is 0 Å². The zero-order valence-corrected chi connectivity index (χ0v) is 8.25. The van der Waals surface area contributed by atoms with Gasteiger partial charge in [0.2, 0.25) is 0 Å². The van der Waals surface area contributed by atoms with E-state index in [4.69, 9.17) is 6.42 Å². The number of aromatic nitrogens is 2. The van der Waals surface area contributed by atoms with Gasteiger partial charge in [-0.05, 0) is 12.1 Å². The minimum absolute atomic E-state index is 0.164. The van der Waals surface area contributed by atoms with Gasteiger partial charge in [0, 0.05) is 0 Å². The summed E-state index contributed by atoms with van der Waals surface area (Å²) < 4.78 is 1.23. The molecule has 0 aliphatic rings. The van der Waals surface area contributed by atoms with Crippen LogP contribution < -0.4 is 11.2 Å². The van der Waals surface area contributed by atoms with Gasteiger partial charge in [-0.25, -0.2) is 9.36 Å². The van der Waals surface area contributed by atoms with Crippen molar-refractivity contribution in [2.24, 2.45) is 0 Å². The van der Waals surface area contributed by atoms with Gasteiger partial charge in [0.1, 0.15) is 0 Å². The lowest BCUT2D eigenvalue weighted by Crippen LogP contribution is -2.39. The Morgan fingerprint density at radius 1 is 1.31 bits per heavy atom. The smallest absolute Gasteiger partial charge is 0.365 e. The molecule has 80 valence electrons. The first-order valence-electron chi connectivity index (χ1n) is 4.54. The third kappa shape index (κ3) is 1.28. The van der Waals surface area contributed by atoms with Crippen LogP contribution in [-0.4, -0.2) is 14.5 Å². The van der Waals surface area contributed by atoms with Crippen molar-refractivity contribution in [3.63, 3.8) is 0 Å². The van der Waals surface area contributed by atoms with E-state index >= 15 is 0 Å². The average Bonchev–Trinajstić information content (AvgIpc) is 2.32. The summed E-state index contributed by atoms with van der Waals surface area (Å²) in [4.78, 5) is 23.4. The van der Waals surface area contributed by atoms with Crippen molar-refractivity contribution in [1.29, 1.82) is 0 Å². The maximum atomic E-state index is 11.8. The lowest BCUT2D eigenvalue weighted by Gasteiger charge is -2.06. The quantitative estimate of drug-likeness (QED) is 0.540. The zero-order valence-electron chi connectivity index (χ0n) is 8.25. The van der Waals surface area contributed by atoms with Gasteiger partial charge in [-0.2, -0.15) is 0 Å². The fourth-order valence-electron chi connectivity index (χ4n) is 1.52. The Balaban J connectivity index is 3.02. The van der Waals surface area contributed by atoms with Crippen molar-refractivity contribution in [3.8, 4) is 12.3 Å². The van der Waals surface area contributed by atoms with Crippen LogP contribution in [0, 0.1) is 12.3 Å². The molecule has 0 atom stereocenters. The topological polar surface area (TPSA) is 64.2 Å². The predicted octanol–water partition coefficient (Wildman–Crippen LogP) is 0.0337. The van der Waals surface area contributed by atoms with Crippen LogP contribution in [-0.2, 0) is 6.54 Å². The molecule has 5 heteroatoms. The van der Waals surface area contributed by atoms with Crippen molar-refractivity contribution in [2.75, 3.05) is 0 Å². The minimum Gasteiger partial charge on any atom is -0.424 e. The van der Waals surface area contributed by atoms with Crippen molar-refractivity contribution in [3.05, 3.63) is 45.1 Å². The molecule has 5 nitrogen and oxygen atoms in total. The summed E-state index contributed by atoms with van der Waals surface area (Å²) in [5, 5.41) is 9.82. The summed E-state index contributed by atoms with van der Waals surface area (Å²) in [5.74, 6) is 2.20. The number of hydrogen-bond acceptors (Lipinski definition) is 3. The molecule has 0 fully saturated rings. The Morgan fingerprint density at radius 2 is 2.00 bits per heavy atom. The van der Waals surface area contributed by atoms with E-state index in [0.717, 1.165) is 4.57 Å². The predicted molar refractivity (Wildman–Crippen MR) is 58.5 cm³/mol. The van der Waals surface area contributed by atoms with E-state index in [2.05, 4.69) is 5.92 Å². The first kappa shape index (κ1) is 10.1. The molecule has 1 heterocycles. The van der Waals surface area contributed by atoms with Gasteiger partial charge >= 0.3 is 5.69 Å². The first-order chi connectivity index (χ1) is 7.66. The van der Waals surface area contributed by atoms with Crippen molar-refractivity contribution in [1.82, 2.24) is 9.30 Å². The summed E-state index contributed by atoms with van der Waals surface area (Å²) in [5.41, 5.74) is -1.16. The largest absolute Gasteiger partial charge is 0.424 e. The molecule has 0 aliphatic heterocycles. The van der Waals surface area contributed by atoms with Crippen LogP contribution in [0.3, 0.4) is 0 Å². The lowest BCUT2D eigenvalue weighted by molar-refractivity contribution is 0.178. The normalized spacial score (nSPS) is 10.2. The van der Waals surface area contributed by atoms with Crippen LogP contribution in [0.2, 0.25) is 0 Å². The maximum Gasteiger partial charge on any atom is 0.365 e. The van der Waals surface area contributed by atoms with Crippen molar-refractivity contribution >= 4 is 10.9 Å². The molecule has 0 spiro atoms. The number of terminal acetylenes is 1. The van der Waals surface area contributed by atoms with Crippen molar-refractivity contribution in [2.45, 2.75) is 6.54 Å². The molecule has 0 unspecified atom stereocenters. The fourth-order valence-corrected chi connectivity index (χ4v) is 1.52. The monoisotopic (exact) mass is 216 g/mol. The van der Waals surface area contributed by atoms with E-state index in [1.54, 1.807) is 12.1 Å². The van der Waals surface area contributed by atoms with E-state index in [0.29, 0.717) is 4.73 Å². The zero-order chi connectivity index (χ0) is 11.7. The molecular formula is C11H8N2O3. The maximum absolute atomic E-state index is 11.8. The number of para-hydroxylation sites is 1. The van der Waals surface area contributed by atoms with Gasteiger partial charge < -0.3 is 5.21 Å². The van der Waals surface area contributed by atoms with Gasteiger partial charge in [0.15, 0.2) is 0 Å². The molecule has 0 aliphatic carbocycles. The van der Waals surface area contributed by atoms with Crippen LogP contribution in [0.25, 0.3) is 10.9 Å². The molecule has 0 bridgehead atoms. The number of nitrogens with zero attached hydrogens (tertiary/aromatic N) is 2. The molecule has 0 radical (unpaired) electrons. The van der Waals surface area contributed by atoms with E-state index in [-0.39, 0.29) is 17.4 Å². The van der Waals surface area contributed by atoms with Crippen LogP contribution in [0.15, 0.2) is 33.9 Å². The lowest BCUT2D eigenvalue weighted by atomic mass is 10.2. The van der Waals surface area contributed by atoms with Gasteiger partial charge in [-0.1, -0.05) is 18.1 Å². The third-order valence-electron chi connectivity index (χ3n) is 2.27. The second-order valence-corrected chi connectivity index (χ2v) is 3.21. The number of hydrogen-bond donors (Lipinski definition) is 1. The van der Waals surface area contributed by atoms with Gasteiger partial charge in [-0.15, -0.1) is 11.2 Å². The highest BCUT2D eigenvalue weighted by Gasteiger charge is 2.10.